The summed E-state index contributed by atoms with van der Waals surface area (Å²) in [5, 5.41) is 0. The summed E-state index contributed by atoms with van der Waals surface area (Å²) in [5.41, 5.74) is 8.85. The molecule has 0 saturated heterocycles. The van der Waals surface area contributed by atoms with Gasteiger partial charge in [-0.15, -0.1) is 0 Å². The van der Waals surface area contributed by atoms with E-state index in [1.165, 1.54) is 11.1 Å². The monoisotopic (exact) mass is 240 g/mol. The summed E-state index contributed by atoms with van der Waals surface area (Å²) < 4.78 is 0. The largest absolute Gasteiger partial charge is 0.322 e. The molecule has 2 heteroatoms. The van der Waals surface area contributed by atoms with E-state index in [0.717, 1.165) is 0 Å². The second-order valence-corrected chi connectivity index (χ2v) is 4.76. The number of nitrogens with zero attached hydrogens (tertiary/aromatic N) is 1. The lowest BCUT2D eigenvalue weighted by atomic mass is 9.93. The molecule has 0 heterocycles. The quantitative estimate of drug-likeness (QED) is 0.890. The third-order valence-corrected chi connectivity index (χ3v) is 3.22. The zero-order valence-corrected chi connectivity index (χ0v) is 11.0. The predicted molar refractivity (Wildman–Crippen MR) is 76.2 cm³/mol. The number of rotatable bonds is 4. The van der Waals surface area contributed by atoms with Crippen molar-refractivity contribution >= 4 is 0 Å². The Labute approximate surface area is 109 Å². The number of likely N-dealkylation sites (N-methyl/N-ethyl adjacent to an activating group) is 1. The average Bonchev–Trinajstić information content (AvgIpc) is 2.40. The summed E-state index contributed by atoms with van der Waals surface area (Å²) in [6, 6.07) is 20.8. The molecule has 18 heavy (non-hydrogen) atoms. The molecule has 0 amide bonds. The van der Waals surface area contributed by atoms with Crippen molar-refractivity contribution in [1.82, 2.24) is 4.90 Å². The van der Waals surface area contributed by atoms with Crippen molar-refractivity contribution < 1.29 is 0 Å². The summed E-state index contributed by atoms with van der Waals surface area (Å²) in [5.74, 6) is 0. The van der Waals surface area contributed by atoms with Crippen LogP contribution in [-0.2, 0) is 0 Å². The highest BCUT2D eigenvalue weighted by Crippen LogP contribution is 2.30. The highest BCUT2D eigenvalue weighted by atomic mass is 15.1. The molecule has 0 aliphatic rings. The Morgan fingerprint density at radius 2 is 1.22 bits per heavy atom. The topological polar surface area (TPSA) is 29.3 Å². The Bertz CT molecular complexity index is 465. The van der Waals surface area contributed by atoms with Crippen LogP contribution in [0.3, 0.4) is 0 Å². The normalized spacial score (nSPS) is 14.4. The SMILES string of the molecule is CN(C)[C@H](c1ccccc1)[C@H](N)c1ccccc1. The fraction of sp³-hybridized carbons (Fsp3) is 0.250. The van der Waals surface area contributed by atoms with Crippen LogP contribution >= 0.6 is 0 Å². The van der Waals surface area contributed by atoms with Gasteiger partial charge in [0.15, 0.2) is 0 Å². The summed E-state index contributed by atoms with van der Waals surface area (Å²) in [6.07, 6.45) is 0. The van der Waals surface area contributed by atoms with Gasteiger partial charge in [0.1, 0.15) is 0 Å². The van der Waals surface area contributed by atoms with E-state index in [-0.39, 0.29) is 12.1 Å². The summed E-state index contributed by atoms with van der Waals surface area (Å²) >= 11 is 0. The Balaban J connectivity index is 2.32. The standard InChI is InChI=1S/C16H20N2/c1-18(2)16(14-11-7-4-8-12-14)15(17)13-9-5-3-6-10-13/h3-12,15-16H,17H2,1-2H3/t15-,16-/m1/s1. The smallest absolute Gasteiger partial charge is 0.0536 e. The van der Waals surface area contributed by atoms with E-state index in [1.54, 1.807) is 0 Å². The first-order valence-corrected chi connectivity index (χ1v) is 6.22. The minimum atomic E-state index is -0.0244. The highest BCUT2D eigenvalue weighted by molar-refractivity contribution is 5.27. The first kappa shape index (κ1) is 12.8. The molecule has 2 aromatic carbocycles. The maximum absolute atomic E-state index is 6.43. The van der Waals surface area contributed by atoms with Crippen molar-refractivity contribution in [3.63, 3.8) is 0 Å². The van der Waals surface area contributed by atoms with Crippen LogP contribution in [0.15, 0.2) is 60.7 Å². The van der Waals surface area contributed by atoms with Crippen molar-refractivity contribution in [3.05, 3.63) is 71.8 Å². The average molecular weight is 240 g/mol. The zero-order valence-electron chi connectivity index (χ0n) is 11.0. The van der Waals surface area contributed by atoms with Crippen LogP contribution in [0.4, 0.5) is 0 Å². The van der Waals surface area contributed by atoms with E-state index in [0.29, 0.717) is 0 Å². The molecule has 0 bridgehead atoms. The van der Waals surface area contributed by atoms with Gasteiger partial charge in [-0.2, -0.15) is 0 Å². The molecule has 0 fully saturated rings. The van der Waals surface area contributed by atoms with Gasteiger partial charge in [-0.25, -0.2) is 0 Å². The van der Waals surface area contributed by atoms with Crippen LogP contribution in [0.1, 0.15) is 23.2 Å². The molecule has 0 spiro atoms. The fourth-order valence-corrected chi connectivity index (χ4v) is 2.33. The van der Waals surface area contributed by atoms with Crippen LogP contribution in [0.5, 0.6) is 0 Å². The summed E-state index contributed by atoms with van der Waals surface area (Å²) in [4.78, 5) is 2.17. The van der Waals surface area contributed by atoms with Crippen molar-refractivity contribution in [2.75, 3.05) is 14.1 Å². The summed E-state index contributed by atoms with van der Waals surface area (Å²) in [6.45, 7) is 0. The zero-order chi connectivity index (χ0) is 13.0. The van der Waals surface area contributed by atoms with E-state index < -0.39 is 0 Å². The highest BCUT2D eigenvalue weighted by Gasteiger charge is 2.22. The van der Waals surface area contributed by atoms with Gasteiger partial charge in [-0.1, -0.05) is 60.7 Å². The summed E-state index contributed by atoms with van der Waals surface area (Å²) in [7, 11) is 4.14. The molecule has 2 atom stereocenters. The molecular formula is C16H20N2. The molecule has 2 N–H and O–H groups in total. The molecule has 0 aliphatic heterocycles. The lowest BCUT2D eigenvalue weighted by Gasteiger charge is -2.30. The second-order valence-electron chi connectivity index (χ2n) is 4.76. The van der Waals surface area contributed by atoms with Crippen molar-refractivity contribution in [2.24, 2.45) is 5.73 Å². The van der Waals surface area contributed by atoms with Crippen LogP contribution in [0, 0.1) is 0 Å². The van der Waals surface area contributed by atoms with Crippen LogP contribution in [0.25, 0.3) is 0 Å². The number of hydrogen-bond donors (Lipinski definition) is 1. The van der Waals surface area contributed by atoms with Gasteiger partial charge in [-0.05, 0) is 25.2 Å². The minimum Gasteiger partial charge on any atom is -0.322 e. The Morgan fingerprint density at radius 3 is 1.67 bits per heavy atom. The van der Waals surface area contributed by atoms with E-state index in [4.69, 9.17) is 5.73 Å². The minimum absolute atomic E-state index is 0.0244. The lowest BCUT2D eigenvalue weighted by molar-refractivity contribution is 0.259. The Hall–Kier alpha value is -1.64. The predicted octanol–water partition coefficient (Wildman–Crippen LogP) is 2.99. The van der Waals surface area contributed by atoms with E-state index in [9.17, 15) is 0 Å². The van der Waals surface area contributed by atoms with Gasteiger partial charge in [-0.3, -0.25) is 0 Å². The van der Waals surface area contributed by atoms with E-state index in [1.807, 2.05) is 24.3 Å². The van der Waals surface area contributed by atoms with Crippen LogP contribution in [-0.4, -0.2) is 19.0 Å². The molecule has 0 saturated carbocycles. The Morgan fingerprint density at radius 1 is 0.778 bits per heavy atom. The number of benzene rings is 2. The molecule has 2 rings (SSSR count). The van der Waals surface area contributed by atoms with Gasteiger partial charge in [0, 0.05) is 6.04 Å². The van der Waals surface area contributed by atoms with Gasteiger partial charge < -0.3 is 10.6 Å². The van der Waals surface area contributed by atoms with Crippen molar-refractivity contribution in [2.45, 2.75) is 12.1 Å². The Kier molecular flexibility index (Phi) is 4.13. The maximum Gasteiger partial charge on any atom is 0.0536 e. The molecule has 0 aliphatic carbocycles. The third-order valence-electron chi connectivity index (χ3n) is 3.22. The third kappa shape index (κ3) is 2.78. The van der Waals surface area contributed by atoms with Crippen LogP contribution in [0.2, 0.25) is 0 Å². The molecule has 0 unspecified atom stereocenters. The van der Waals surface area contributed by atoms with Gasteiger partial charge in [0.25, 0.3) is 0 Å². The fourth-order valence-electron chi connectivity index (χ4n) is 2.33. The molecule has 94 valence electrons. The molecular weight excluding hydrogens is 220 g/mol. The molecule has 0 radical (unpaired) electrons. The first-order valence-electron chi connectivity index (χ1n) is 6.22. The molecule has 2 aromatic rings. The van der Waals surface area contributed by atoms with Gasteiger partial charge in [0.05, 0.1) is 6.04 Å². The molecule has 2 nitrogen and oxygen atoms in total. The van der Waals surface area contributed by atoms with Gasteiger partial charge in [0.2, 0.25) is 0 Å². The van der Waals surface area contributed by atoms with E-state index in [2.05, 4.69) is 55.4 Å². The number of nitrogens with two attached hydrogens (primary N) is 1. The van der Waals surface area contributed by atoms with Crippen molar-refractivity contribution in [1.29, 1.82) is 0 Å². The molecule has 0 aromatic heterocycles. The van der Waals surface area contributed by atoms with Crippen molar-refractivity contribution in [3.8, 4) is 0 Å². The first-order chi connectivity index (χ1) is 8.70. The second kappa shape index (κ2) is 5.80. The van der Waals surface area contributed by atoms with Gasteiger partial charge >= 0.3 is 0 Å². The number of hydrogen-bond acceptors (Lipinski definition) is 2. The maximum atomic E-state index is 6.43. The van der Waals surface area contributed by atoms with E-state index >= 15 is 0 Å². The lowest BCUT2D eigenvalue weighted by Crippen LogP contribution is -2.31. The van der Waals surface area contributed by atoms with Crippen LogP contribution < -0.4 is 5.73 Å².